The van der Waals surface area contributed by atoms with Crippen molar-refractivity contribution in [3.8, 4) is 0 Å². The average Bonchev–Trinajstić information content (AvgIpc) is 2.73. The molecule has 0 aliphatic carbocycles. The predicted molar refractivity (Wildman–Crippen MR) is 112 cm³/mol. The molecule has 152 valence electrons. The number of benzene rings is 2. The topological polar surface area (TPSA) is 89.0 Å². The summed E-state index contributed by atoms with van der Waals surface area (Å²) >= 11 is 0. The minimum atomic E-state index is -0.385. The molecule has 0 atom stereocenters. The quantitative estimate of drug-likeness (QED) is 0.447. The molecule has 1 fully saturated rings. The molecule has 1 aliphatic heterocycles. The third kappa shape index (κ3) is 5.71. The molecule has 2 aromatic rings. The van der Waals surface area contributed by atoms with Gasteiger partial charge in [0.1, 0.15) is 6.54 Å². The molecule has 1 aliphatic rings. The lowest BCUT2D eigenvalue weighted by Crippen LogP contribution is -3.11. The highest BCUT2D eigenvalue weighted by atomic mass is 16.6. The van der Waals surface area contributed by atoms with E-state index in [1.807, 2.05) is 50.2 Å². The van der Waals surface area contributed by atoms with Crippen LogP contribution >= 0.6 is 0 Å². The summed E-state index contributed by atoms with van der Waals surface area (Å²) < 4.78 is 0. The average molecular weight is 395 g/mol. The number of nitro groups is 1. The molecule has 2 N–H and O–H groups in total. The number of rotatable bonds is 6. The van der Waals surface area contributed by atoms with Crippen LogP contribution in [0.5, 0.6) is 0 Å². The van der Waals surface area contributed by atoms with Gasteiger partial charge >= 0.3 is 0 Å². The van der Waals surface area contributed by atoms with Gasteiger partial charge in [-0.25, -0.2) is 5.43 Å². The van der Waals surface area contributed by atoms with E-state index in [1.165, 1.54) is 10.5 Å². The highest BCUT2D eigenvalue weighted by Gasteiger charge is 2.27. The summed E-state index contributed by atoms with van der Waals surface area (Å²) in [5.74, 6) is -0.0453. The van der Waals surface area contributed by atoms with Gasteiger partial charge < -0.3 is 4.90 Å². The second kappa shape index (κ2) is 9.43. The number of nitrogens with zero attached hydrogens (tertiary/aromatic N) is 2. The van der Waals surface area contributed by atoms with Gasteiger partial charge in [0.05, 0.1) is 29.6 Å². The third-order valence-corrected chi connectivity index (χ3v) is 5.47. The lowest BCUT2D eigenvalue weighted by atomic mass is 9.96. The Kier molecular flexibility index (Phi) is 6.72. The maximum absolute atomic E-state index is 12.5. The van der Waals surface area contributed by atoms with E-state index in [1.54, 1.807) is 12.1 Å². The van der Waals surface area contributed by atoms with Crippen molar-refractivity contribution in [1.29, 1.82) is 0 Å². The van der Waals surface area contributed by atoms with Gasteiger partial charge in [0.25, 0.3) is 5.69 Å². The number of non-ortho nitro benzene ring substituents is 1. The highest BCUT2D eigenvalue weighted by Crippen LogP contribution is 2.13. The fourth-order valence-corrected chi connectivity index (χ4v) is 3.58. The molecule has 1 saturated heterocycles. The van der Waals surface area contributed by atoms with Crippen molar-refractivity contribution >= 4 is 17.3 Å². The first kappa shape index (κ1) is 20.7. The SMILES string of the molecule is C/C(=N/NC(=O)C1CC[NH+](Cc2ccc([N+](=O)[O-])cc2)CC1)c1ccc(C)cc1. The Morgan fingerprint density at radius 3 is 2.34 bits per heavy atom. The fourth-order valence-electron chi connectivity index (χ4n) is 3.58. The van der Waals surface area contributed by atoms with E-state index in [0.717, 1.165) is 49.3 Å². The largest absolute Gasteiger partial charge is 0.331 e. The Morgan fingerprint density at radius 1 is 1.14 bits per heavy atom. The maximum Gasteiger partial charge on any atom is 0.269 e. The molecule has 7 heteroatoms. The second-order valence-electron chi connectivity index (χ2n) is 7.66. The Bertz CT molecular complexity index is 883. The molecule has 3 rings (SSSR count). The predicted octanol–water partition coefficient (Wildman–Crippen LogP) is 2.24. The summed E-state index contributed by atoms with van der Waals surface area (Å²) in [6.07, 6.45) is 1.63. The number of nitro benzene ring substituents is 1. The number of quaternary nitrogens is 1. The zero-order valence-electron chi connectivity index (χ0n) is 16.9. The summed E-state index contributed by atoms with van der Waals surface area (Å²) in [6, 6.07) is 14.8. The van der Waals surface area contributed by atoms with Gasteiger partial charge in [-0.15, -0.1) is 0 Å². The fraction of sp³-hybridized carbons (Fsp3) is 0.364. The molecule has 0 spiro atoms. The Hall–Kier alpha value is -3.06. The van der Waals surface area contributed by atoms with Gasteiger partial charge in [0.15, 0.2) is 0 Å². The normalized spacial score (nSPS) is 19.6. The lowest BCUT2D eigenvalue weighted by Gasteiger charge is -2.28. The van der Waals surface area contributed by atoms with Crippen LogP contribution in [0.2, 0.25) is 0 Å². The van der Waals surface area contributed by atoms with Crippen LogP contribution in [0.25, 0.3) is 0 Å². The van der Waals surface area contributed by atoms with Crippen LogP contribution in [-0.2, 0) is 11.3 Å². The number of amides is 1. The van der Waals surface area contributed by atoms with Crippen LogP contribution in [0.1, 0.15) is 36.5 Å². The van der Waals surface area contributed by atoms with Gasteiger partial charge in [0.2, 0.25) is 5.91 Å². The van der Waals surface area contributed by atoms with Crippen LogP contribution in [0, 0.1) is 23.0 Å². The van der Waals surface area contributed by atoms with Crippen LogP contribution in [-0.4, -0.2) is 29.6 Å². The molecule has 1 heterocycles. The number of carbonyl (C=O) groups excluding carboxylic acids is 1. The van der Waals surface area contributed by atoms with E-state index < -0.39 is 0 Å². The molecule has 0 bridgehead atoms. The number of hydrogen-bond acceptors (Lipinski definition) is 4. The monoisotopic (exact) mass is 395 g/mol. The minimum absolute atomic E-state index is 0.0224. The van der Waals surface area contributed by atoms with Gasteiger partial charge in [0, 0.05) is 30.5 Å². The smallest absolute Gasteiger partial charge is 0.269 e. The molecular weight excluding hydrogens is 368 g/mol. The van der Waals surface area contributed by atoms with Crippen molar-refractivity contribution in [1.82, 2.24) is 5.43 Å². The molecule has 0 radical (unpaired) electrons. The van der Waals surface area contributed by atoms with Gasteiger partial charge in [-0.05, 0) is 31.5 Å². The number of carbonyl (C=O) groups is 1. The highest BCUT2D eigenvalue weighted by molar-refractivity contribution is 5.99. The minimum Gasteiger partial charge on any atom is -0.331 e. The van der Waals surface area contributed by atoms with Crippen molar-refractivity contribution in [2.45, 2.75) is 33.2 Å². The second-order valence-corrected chi connectivity index (χ2v) is 7.66. The number of piperidine rings is 1. The van der Waals surface area contributed by atoms with Crippen molar-refractivity contribution in [2.24, 2.45) is 11.0 Å². The van der Waals surface area contributed by atoms with Crippen LogP contribution in [0.3, 0.4) is 0 Å². The number of hydrogen-bond donors (Lipinski definition) is 2. The molecule has 1 amide bonds. The van der Waals surface area contributed by atoms with Gasteiger partial charge in [-0.1, -0.05) is 29.8 Å². The Morgan fingerprint density at radius 2 is 1.76 bits per heavy atom. The first-order valence-electron chi connectivity index (χ1n) is 9.90. The standard InChI is InChI=1S/C22H26N4O3/c1-16-3-7-19(8-4-16)17(2)23-24-22(27)20-11-13-25(14-12-20)15-18-5-9-21(10-6-18)26(28)29/h3-10,20H,11-15H2,1-2H3,(H,24,27)/p+1/b23-17-. The number of aryl methyl sites for hydroxylation is 1. The van der Waals surface area contributed by atoms with E-state index in [9.17, 15) is 14.9 Å². The summed E-state index contributed by atoms with van der Waals surface area (Å²) in [5.41, 5.74) is 6.89. The van der Waals surface area contributed by atoms with E-state index in [0.29, 0.717) is 0 Å². The summed E-state index contributed by atoms with van der Waals surface area (Å²) in [4.78, 5) is 24.2. The third-order valence-electron chi connectivity index (χ3n) is 5.47. The maximum atomic E-state index is 12.5. The molecule has 29 heavy (non-hydrogen) atoms. The molecule has 7 nitrogen and oxygen atoms in total. The summed E-state index contributed by atoms with van der Waals surface area (Å²) in [7, 11) is 0. The summed E-state index contributed by atoms with van der Waals surface area (Å²) in [5, 5.41) is 15.0. The van der Waals surface area contributed by atoms with E-state index >= 15 is 0 Å². The molecule has 2 aromatic carbocycles. The first-order valence-corrected chi connectivity index (χ1v) is 9.90. The van der Waals surface area contributed by atoms with Crippen molar-refractivity contribution in [3.63, 3.8) is 0 Å². The summed E-state index contributed by atoms with van der Waals surface area (Å²) in [6.45, 7) is 6.54. The molecule has 0 unspecified atom stereocenters. The van der Waals surface area contributed by atoms with Crippen molar-refractivity contribution in [3.05, 3.63) is 75.3 Å². The molecule has 0 aromatic heterocycles. The Labute approximate surface area is 170 Å². The zero-order valence-corrected chi connectivity index (χ0v) is 16.9. The first-order chi connectivity index (χ1) is 13.9. The van der Waals surface area contributed by atoms with E-state index in [4.69, 9.17) is 0 Å². The van der Waals surface area contributed by atoms with Crippen LogP contribution in [0.4, 0.5) is 5.69 Å². The van der Waals surface area contributed by atoms with Gasteiger partial charge in [-0.2, -0.15) is 5.10 Å². The van der Waals surface area contributed by atoms with Crippen LogP contribution < -0.4 is 10.3 Å². The van der Waals surface area contributed by atoms with E-state index in [2.05, 4.69) is 10.5 Å². The molecular formula is C22H27N4O3+. The number of hydrazone groups is 1. The lowest BCUT2D eigenvalue weighted by molar-refractivity contribution is -0.919. The Balaban J connectivity index is 1.47. The van der Waals surface area contributed by atoms with Crippen molar-refractivity contribution < 1.29 is 14.6 Å². The molecule has 0 saturated carbocycles. The number of nitrogens with one attached hydrogen (secondary N) is 2. The number of likely N-dealkylation sites (tertiary alicyclic amines) is 1. The zero-order chi connectivity index (χ0) is 20.8. The van der Waals surface area contributed by atoms with Crippen LogP contribution in [0.15, 0.2) is 53.6 Å². The van der Waals surface area contributed by atoms with Gasteiger partial charge in [-0.3, -0.25) is 14.9 Å². The van der Waals surface area contributed by atoms with E-state index in [-0.39, 0.29) is 22.4 Å². The van der Waals surface area contributed by atoms with Crippen molar-refractivity contribution in [2.75, 3.05) is 13.1 Å².